The lowest BCUT2D eigenvalue weighted by Gasteiger charge is -2.28. The van der Waals surface area contributed by atoms with Gasteiger partial charge in [0.15, 0.2) is 6.10 Å². The van der Waals surface area contributed by atoms with E-state index in [-0.39, 0.29) is 11.5 Å². The third-order valence-electron chi connectivity index (χ3n) is 4.73. The molecule has 1 N–H and O–H groups in total. The minimum Gasteiger partial charge on any atom is -0.449 e. The van der Waals surface area contributed by atoms with Crippen LogP contribution in [0.2, 0.25) is 0 Å². The molecule has 0 aliphatic rings. The number of nitriles is 1. The first-order valence-corrected chi connectivity index (χ1v) is 8.76. The highest BCUT2D eigenvalue weighted by atomic mass is 16.5. The molecule has 7 nitrogen and oxygen atoms in total. The van der Waals surface area contributed by atoms with Crippen molar-refractivity contribution in [3.8, 4) is 6.07 Å². The quantitative estimate of drug-likeness (QED) is 0.814. The number of fused-ring (bicyclic) bond motifs is 1. The number of rotatable bonds is 5. The molecule has 7 heteroatoms. The lowest BCUT2D eigenvalue weighted by Crippen LogP contribution is -2.52. The highest BCUT2D eigenvalue weighted by Gasteiger charge is 2.32. The number of hydrogen-bond donors (Lipinski definition) is 1. The number of benzene rings is 1. The average molecular weight is 368 g/mol. The van der Waals surface area contributed by atoms with Crippen molar-refractivity contribution in [1.29, 1.82) is 5.26 Å². The van der Waals surface area contributed by atoms with E-state index in [2.05, 4.69) is 21.4 Å². The van der Waals surface area contributed by atoms with Crippen LogP contribution in [0.1, 0.15) is 49.4 Å². The molecule has 0 bridgehead atoms. The number of aromatic nitrogens is 2. The summed E-state index contributed by atoms with van der Waals surface area (Å²) >= 11 is 0. The van der Waals surface area contributed by atoms with E-state index in [0.717, 1.165) is 11.4 Å². The van der Waals surface area contributed by atoms with E-state index in [1.165, 1.54) is 6.92 Å². The van der Waals surface area contributed by atoms with Crippen molar-refractivity contribution in [3.63, 3.8) is 0 Å². The summed E-state index contributed by atoms with van der Waals surface area (Å²) in [6.45, 7) is 10.5. The molecule has 2 unspecified atom stereocenters. The maximum Gasteiger partial charge on any atom is 0.338 e. The molecular weight excluding hydrogens is 344 g/mol. The molecule has 0 saturated heterocycles. The minimum absolute atomic E-state index is 0.0971. The highest BCUT2D eigenvalue weighted by molar-refractivity contribution is 5.95. The molecule has 2 rings (SSSR count). The fourth-order valence-electron chi connectivity index (χ4n) is 2.30. The Morgan fingerprint density at radius 1 is 1.15 bits per heavy atom. The van der Waals surface area contributed by atoms with Gasteiger partial charge in [0.05, 0.1) is 34.1 Å². The molecule has 0 aliphatic heterocycles. The van der Waals surface area contributed by atoms with Gasteiger partial charge in [0, 0.05) is 0 Å². The van der Waals surface area contributed by atoms with Crippen molar-refractivity contribution >= 4 is 22.9 Å². The Labute approximate surface area is 158 Å². The number of carbonyl (C=O) groups is 2. The molecule has 0 fully saturated rings. The predicted molar refractivity (Wildman–Crippen MR) is 101 cm³/mol. The van der Waals surface area contributed by atoms with Gasteiger partial charge >= 0.3 is 5.97 Å². The van der Waals surface area contributed by atoms with Crippen molar-refractivity contribution in [1.82, 2.24) is 15.3 Å². The molecule has 27 heavy (non-hydrogen) atoms. The number of nitrogens with one attached hydrogen (secondary N) is 1. The van der Waals surface area contributed by atoms with Crippen molar-refractivity contribution in [2.45, 2.75) is 53.2 Å². The highest BCUT2D eigenvalue weighted by Crippen LogP contribution is 2.17. The molecule has 1 aromatic carbocycles. The zero-order valence-electron chi connectivity index (χ0n) is 16.5. The molecule has 0 spiro atoms. The van der Waals surface area contributed by atoms with Crippen LogP contribution in [0.3, 0.4) is 0 Å². The summed E-state index contributed by atoms with van der Waals surface area (Å²) in [7, 11) is 0. The first-order chi connectivity index (χ1) is 12.6. The zero-order valence-corrected chi connectivity index (χ0v) is 16.5. The fourth-order valence-corrected chi connectivity index (χ4v) is 2.30. The van der Waals surface area contributed by atoms with E-state index >= 15 is 0 Å². The Bertz CT molecular complexity index is 933. The normalized spacial score (nSPS) is 14.3. The van der Waals surface area contributed by atoms with Crippen LogP contribution in [0.4, 0.5) is 0 Å². The maximum absolute atomic E-state index is 12.4. The zero-order chi connectivity index (χ0) is 20.4. The second-order valence-electron chi connectivity index (χ2n) is 7.10. The Balaban J connectivity index is 2.14. The topological polar surface area (TPSA) is 105 Å². The number of carbonyl (C=O) groups excluding carboxylic acids is 2. The smallest absolute Gasteiger partial charge is 0.338 e. The minimum atomic E-state index is -1.04. The molecule has 1 aromatic heterocycles. The molecule has 1 amide bonds. The molecule has 0 aliphatic carbocycles. The van der Waals surface area contributed by atoms with Gasteiger partial charge in [-0.05, 0) is 51.8 Å². The first kappa shape index (κ1) is 20.3. The van der Waals surface area contributed by atoms with Crippen LogP contribution in [-0.4, -0.2) is 33.5 Å². The van der Waals surface area contributed by atoms with E-state index in [1.54, 1.807) is 25.1 Å². The lowest BCUT2D eigenvalue weighted by molar-refractivity contribution is -0.130. The van der Waals surface area contributed by atoms with Gasteiger partial charge in [-0.2, -0.15) is 5.26 Å². The Morgan fingerprint density at radius 3 is 2.30 bits per heavy atom. The van der Waals surface area contributed by atoms with Gasteiger partial charge in [-0.3, -0.25) is 4.79 Å². The number of amides is 1. The number of nitrogens with zero attached hydrogens (tertiary/aromatic N) is 3. The standard InChI is InChI=1S/C20H24N4O3/c1-11(2)20(6,10-21)24-18(25)14(5)27-19(26)15-7-8-16-17(9-15)23-13(4)12(3)22-16/h7-9,11,14H,1-6H3,(H,24,25). The van der Waals surface area contributed by atoms with E-state index in [9.17, 15) is 14.9 Å². The Hall–Kier alpha value is -3.01. The van der Waals surface area contributed by atoms with Gasteiger partial charge in [-0.15, -0.1) is 0 Å². The van der Waals surface area contributed by atoms with Gasteiger partial charge in [-0.1, -0.05) is 13.8 Å². The summed E-state index contributed by atoms with van der Waals surface area (Å²) < 4.78 is 5.26. The Kier molecular flexibility index (Phi) is 5.79. The van der Waals surface area contributed by atoms with Gasteiger partial charge in [0.2, 0.25) is 0 Å². The summed E-state index contributed by atoms with van der Waals surface area (Å²) in [5, 5.41) is 11.9. The predicted octanol–water partition coefficient (Wildman–Crippen LogP) is 2.85. The Morgan fingerprint density at radius 2 is 1.74 bits per heavy atom. The summed E-state index contributed by atoms with van der Waals surface area (Å²) in [6, 6.07) is 6.97. The monoisotopic (exact) mass is 368 g/mol. The van der Waals surface area contributed by atoms with E-state index in [4.69, 9.17) is 4.74 Å². The largest absolute Gasteiger partial charge is 0.449 e. The van der Waals surface area contributed by atoms with Crippen molar-refractivity contribution in [2.75, 3.05) is 0 Å². The van der Waals surface area contributed by atoms with E-state index in [1.807, 2.05) is 27.7 Å². The van der Waals surface area contributed by atoms with Gasteiger partial charge in [0.25, 0.3) is 5.91 Å². The van der Waals surface area contributed by atoms with Crippen LogP contribution in [0.15, 0.2) is 18.2 Å². The molecule has 142 valence electrons. The van der Waals surface area contributed by atoms with Gasteiger partial charge < -0.3 is 10.1 Å². The van der Waals surface area contributed by atoms with Crippen LogP contribution in [0.25, 0.3) is 11.0 Å². The third kappa shape index (κ3) is 4.40. The third-order valence-corrected chi connectivity index (χ3v) is 4.73. The summed E-state index contributed by atoms with van der Waals surface area (Å²) in [5.74, 6) is -1.25. The van der Waals surface area contributed by atoms with Crippen LogP contribution < -0.4 is 5.32 Å². The van der Waals surface area contributed by atoms with Crippen LogP contribution in [-0.2, 0) is 9.53 Å². The van der Waals surface area contributed by atoms with Crippen LogP contribution in [0.5, 0.6) is 0 Å². The molecule has 1 heterocycles. The molecular formula is C20H24N4O3. The number of hydrogen-bond acceptors (Lipinski definition) is 6. The van der Waals surface area contributed by atoms with Crippen LogP contribution >= 0.6 is 0 Å². The van der Waals surface area contributed by atoms with E-state index in [0.29, 0.717) is 11.0 Å². The first-order valence-electron chi connectivity index (χ1n) is 8.76. The summed E-state index contributed by atoms with van der Waals surface area (Å²) in [6.07, 6.45) is -1.04. The molecule has 0 saturated carbocycles. The molecule has 0 radical (unpaired) electrons. The summed E-state index contributed by atoms with van der Waals surface area (Å²) in [5.41, 5.74) is 2.13. The van der Waals surface area contributed by atoms with Crippen molar-refractivity contribution in [2.24, 2.45) is 5.92 Å². The molecule has 2 atom stereocenters. The second kappa shape index (κ2) is 7.70. The number of aryl methyl sites for hydroxylation is 2. The second-order valence-corrected chi connectivity index (χ2v) is 7.10. The van der Waals surface area contributed by atoms with Crippen LogP contribution in [0, 0.1) is 31.1 Å². The summed E-state index contributed by atoms with van der Waals surface area (Å²) in [4.78, 5) is 33.6. The lowest BCUT2D eigenvalue weighted by atomic mass is 9.90. The number of esters is 1. The molecule has 2 aromatic rings. The maximum atomic E-state index is 12.4. The fraction of sp³-hybridized carbons (Fsp3) is 0.450. The van der Waals surface area contributed by atoms with Gasteiger partial charge in [0.1, 0.15) is 5.54 Å². The average Bonchev–Trinajstić information content (AvgIpc) is 2.61. The number of ether oxygens (including phenoxy) is 1. The SMILES string of the molecule is Cc1nc2ccc(C(=O)OC(C)C(=O)NC(C)(C#N)C(C)C)cc2nc1C. The van der Waals surface area contributed by atoms with Gasteiger partial charge in [-0.25, -0.2) is 14.8 Å². The van der Waals surface area contributed by atoms with E-state index < -0.39 is 23.5 Å². The van der Waals surface area contributed by atoms with Crippen molar-refractivity contribution < 1.29 is 14.3 Å². The van der Waals surface area contributed by atoms with Crippen molar-refractivity contribution in [3.05, 3.63) is 35.2 Å².